The molecule has 2 aromatic rings. The zero-order valence-electron chi connectivity index (χ0n) is 13.8. The number of alkyl halides is 3. The van der Waals surface area contributed by atoms with Gasteiger partial charge in [-0.15, -0.1) is 0 Å². The summed E-state index contributed by atoms with van der Waals surface area (Å²) in [5.41, 5.74) is -0.315. The Kier molecular flexibility index (Phi) is 5.52. The Labute approximate surface area is 153 Å². The fraction of sp³-hybridized carbons (Fsp3) is 0.412. The number of hydrogen-bond acceptors (Lipinski definition) is 5. The summed E-state index contributed by atoms with van der Waals surface area (Å²) in [6, 6.07) is 5.27. The third-order valence-electron chi connectivity index (χ3n) is 3.93. The molecule has 1 aromatic carbocycles. The molecule has 1 fully saturated rings. The van der Waals surface area contributed by atoms with Crippen LogP contribution in [-0.4, -0.2) is 28.2 Å². The maximum atomic E-state index is 13.3. The molecule has 3 N–H and O–H groups in total. The van der Waals surface area contributed by atoms with Gasteiger partial charge in [0, 0.05) is 25.1 Å². The largest absolute Gasteiger partial charge is 0.418 e. The number of benzene rings is 1. The number of aromatic nitrogens is 2. The summed E-state index contributed by atoms with van der Waals surface area (Å²) in [6.45, 7) is 0.485. The number of aliphatic hydroxyl groups is 1. The highest BCUT2D eigenvalue weighted by Gasteiger charge is 2.34. The van der Waals surface area contributed by atoms with Gasteiger partial charge in [-0.1, -0.05) is 17.7 Å². The zero-order valence-corrected chi connectivity index (χ0v) is 14.5. The normalized spacial score (nSPS) is 14.3. The fourth-order valence-corrected chi connectivity index (χ4v) is 2.71. The van der Waals surface area contributed by atoms with Crippen LogP contribution in [0.25, 0.3) is 0 Å². The average Bonchev–Trinajstić information content (AvgIpc) is 3.41. The molecule has 140 valence electrons. The summed E-state index contributed by atoms with van der Waals surface area (Å²) in [7, 11) is 0. The van der Waals surface area contributed by atoms with Gasteiger partial charge in [0.1, 0.15) is 5.82 Å². The van der Waals surface area contributed by atoms with Gasteiger partial charge in [-0.3, -0.25) is 0 Å². The third kappa shape index (κ3) is 4.56. The van der Waals surface area contributed by atoms with E-state index in [2.05, 4.69) is 20.6 Å². The van der Waals surface area contributed by atoms with E-state index < -0.39 is 11.7 Å². The predicted molar refractivity (Wildman–Crippen MR) is 93.9 cm³/mol. The number of hydrogen-bond donors (Lipinski definition) is 3. The van der Waals surface area contributed by atoms with Crippen molar-refractivity contribution in [1.82, 2.24) is 9.97 Å². The van der Waals surface area contributed by atoms with Gasteiger partial charge in [-0.25, -0.2) is 4.98 Å². The summed E-state index contributed by atoms with van der Waals surface area (Å²) in [5, 5.41) is 14.5. The van der Waals surface area contributed by atoms with Crippen LogP contribution >= 0.6 is 11.6 Å². The molecule has 0 amide bonds. The van der Waals surface area contributed by atoms with E-state index in [1.54, 1.807) is 6.07 Å². The standard InChI is InChI=1S/C17H18ClF3N4O/c18-12-4-1-3-11(17(19,20)21)15(12)24-14-9-13(10-5-6-10)23-16(25-14)22-7-2-8-26/h1,3-4,9-10,26H,2,5-8H2,(H2,22,23,24,25). The van der Waals surface area contributed by atoms with Crippen LogP contribution in [0.5, 0.6) is 0 Å². The molecule has 1 aromatic heterocycles. The monoisotopic (exact) mass is 386 g/mol. The lowest BCUT2D eigenvalue weighted by atomic mass is 10.1. The molecular formula is C17H18ClF3N4O. The number of nitrogens with one attached hydrogen (secondary N) is 2. The van der Waals surface area contributed by atoms with Crippen molar-refractivity contribution in [1.29, 1.82) is 0 Å². The zero-order chi connectivity index (χ0) is 18.7. The van der Waals surface area contributed by atoms with Crippen LogP contribution in [0.15, 0.2) is 24.3 Å². The molecule has 0 bridgehead atoms. The minimum Gasteiger partial charge on any atom is -0.396 e. The Morgan fingerprint density at radius 1 is 1.23 bits per heavy atom. The van der Waals surface area contributed by atoms with Crippen molar-refractivity contribution in [3.63, 3.8) is 0 Å². The van der Waals surface area contributed by atoms with Crippen molar-refractivity contribution in [2.75, 3.05) is 23.8 Å². The van der Waals surface area contributed by atoms with Crippen LogP contribution in [0.1, 0.15) is 36.4 Å². The van der Waals surface area contributed by atoms with Crippen LogP contribution < -0.4 is 10.6 Å². The van der Waals surface area contributed by atoms with Gasteiger partial charge in [-0.2, -0.15) is 18.2 Å². The van der Waals surface area contributed by atoms with E-state index in [-0.39, 0.29) is 23.1 Å². The Hall–Kier alpha value is -2.06. The molecule has 0 radical (unpaired) electrons. The molecule has 0 saturated heterocycles. The topological polar surface area (TPSA) is 70.1 Å². The lowest BCUT2D eigenvalue weighted by Gasteiger charge is -2.16. The van der Waals surface area contributed by atoms with Crippen LogP contribution in [0.3, 0.4) is 0 Å². The number of para-hydroxylation sites is 1. The van der Waals surface area contributed by atoms with Crippen molar-refractivity contribution in [3.05, 3.63) is 40.5 Å². The Morgan fingerprint density at radius 3 is 2.65 bits per heavy atom. The number of rotatable bonds is 7. The van der Waals surface area contributed by atoms with Crippen LogP contribution in [-0.2, 0) is 6.18 Å². The highest BCUT2D eigenvalue weighted by molar-refractivity contribution is 6.33. The van der Waals surface area contributed by atoms with Gasteiger partial charge < -0.3 is 15.7 Å². The van der Waals surface area contributed by atoms with Gasteiger partial charge in [0.2, 0.25) is 5.95 Å². The highest BCUT2D eigenvalue weighted by atomic mass is 35.5. The van der Waals surface area contributed by atoms with E-state index in [4.69, 9.17) is 16.7 Å². The van der Waals surface area contributed by atoms with E-state index in [1.807, 2.05) is 0 Å². The van der Waals surface area contributed by atoms with Crippen LogP contribution in [0, 0.1) is 0 Å². The van der Waals surface area contributed by atoms with Crippen molar-refractivity contribution in [3.8, 4) is 0 Å². The van der Waals surface area contributed by atoms with Crippen LogP contribution in [0.4, 0.5) is 30.6 Å². The SMILES string of the molecule is OCCCNc1nc(Nc2c(Cl)cccc2C(F)(F)F)cc(C2CC2)n1. The van der Waals surface area contributed by atoms with Crippen LogP contribution in [0.2, 0.25) is 5.02 Å². The van der Waals surface area contributed by atoms with E-state index in [1.165, 1.54) is 12.1 Å². The molecule has 1 aliphatic rings. The second-order valence-electron chi connectivity index (χ2n) is 6.07. The second-order valence-corrected chi connectivity index (χ2v) is 6.47. The van der Waals surface area contributed by atoms with Crippen molar-refractivity contribution in [2.24, 2.45) is 0 Å². The second kappa shape index (κ2) is 7.67. The minimum absolute atomic E-state index is 0.0228. The number of aliphatic hydroxyl groups excluding tert-OH is 1. The summed E-state index contributed by atoms with van der Waals surface area (Å²) >= 11 is 5.99. The molecule has 0 aliphatic heterocycles. The molecule has 3 rings (SSSR count). The molecule has 9 heteroatoms. The predicted octanol–water partition coefficient (Wildman–Crippen LogP) is 4.56. The Morgan fingerprint density at radius 2 is 2.00 bits per heavy atom. The maximum absolute atomic E-state index is 13.3. The van der Waals surface area contributed by atoms with Gasteiger partial charge >= 0.3 is 6.18 Å². The van der Waals surface area contributed by atoms with Gasteiger partial charge in [0.05, 0.1) is 22.0 Å². The van der Waals surface area contributed by atoms with E-state index in [9.17, 15) is 13.2 Å². The lowest BCUT2D eigenvalue weighted by molar-refractivity contribution is -0.136. The molecule has 5 nitrogen and oxygen atoms in total. The number of halogens is 4. The van der Waals surface area contributed by atoms with E-state index in [0.717, 1.165) is 24.6 Å². The first kappa shape index (κ1) is 18.7. The first-order chi connectivity index (χ1) is 12.4. The minimum atomic E-state index is -4.54. The first-order valence-electron chi connectivity index (χ1n) is 8.25. The molecule has 0 spiro atoms. The van der Waals surface area contributed by atoms with Crippen molar-refractivity contribution < 1.29 is 18.3 Å². The van der Waals surface area contributed by atoms with Gasteiger partial charge in [-0.05, 0) is 31.4 Å². The molecular weight excluding hydrogens is 369 g/mol. The Bertz CT molecular complexity index is 781. The van der Waals surface area contributed by atoms with E-state index >= 15 is 0 Å². The summed E-state index contributed by atoms with van der Waals surface area (Å²) in [5.74, 6) is 0.850. The molecule has 1 heterocycles. The van der Waals surface area contributed by atoms with Crippen molar-refractivity contribution in [2.45, 2.75) is 31.4 Å². The summed E-state index contributed by atoms with van der Waals surface area (Å²) in [4.78, 5) is 8.64. The highest BCUT2D eigenvalue weighted by Crippen LogP contribution is 2.42. The third-order valence-corrected chi connectivity index (χ3v) is 4.25. The fourth-order valence-electron chi connectivity index (χ4n) is 2.49. The lowest BCUT2D eigenvalue weighted by Crippen LogP contribution is -2.12. The quantitative estimate of drug-likeness (QED) is 0.608. The van der Waals surface area contributed by atoms with Gasteiger partial charge in [0.15, 0.2) is 0 Å². The van der Waals surface area contributed by atoms with Gasteiger partial charge in [0.25, 0.3) is 0 Å². The summed E-state index contributed by atoms with van der Waals surface area (Å²) in [6.07, 6.45) is -2.04. The number of nitrogens with zero attached hydrogens (tertiary/aromatic N) is 2. The maximum Gasteiger partial charge on any atom is 0.418 e. The molecule has 1 aliphatic carbocycles. The smallest absolute Gasteiger partial charge is 0.396 e. The van der Waals surface area contributed by atoms with Crippen molar-refractivity contribution >= 4 is 29.1 Å². The van der Waals surface area contributed by atoms with E-state index in [0.29, 0.717) is 24.8 Å². The molecule has 0 unspecified atom stereocenters. The Balaban J connectivity index is 1.92. The molecule has 26 heavy (non-hydrogen) atoms. The first-order valence-corrected chi connectivity index (χ1v) is 8.62. The average molecular weight is 387 g/mol. The molecule has 1 saturated carbocycles. The number of anilines is 3. The molecule has 0 atom stereocenters. The summed E-state index contributed by atoms with van der Waals surface area (Å²) < 4.78 is 39.8.